The first kappa shape index (κ1) is 30.9. The number of rotatable bonds is 11. The third-order valence-electron chi connectivity index (χ3n) is 12.4. The van der Waals surface area contributed by atoms with Crippen LogP contribution in [0.25, 0.3) is 0 Å². The lowest BCUT2D eigenvalue weighted by Crippen LogP contribution is -2.54. The Kier molecular flexibility index (Phi) is 10.5. The van der Waals surface area contributed by atoms with Gasteiger partial charge >= 0.3 is 6.16 Å². The first-order valence-corrected chi connectivity index (χ1v) is 17.1. The predicted octanol–water partition coefficient (Wildman–Crippen LogP) is 10.6. The Bertz CT molecular complexity index is 830. The average Bonchev–Trinajstić information content (AvgIpc) is 3.25. The van der Waals surface area contributed by atoms with Crippen molar-refractivity contribution in [2.75, 3.05) is 0 Å². The second-order valence-corrected chi connectivity index (χ2v) is 15.2. The van der Waals surface area contributed by atoms with E-state index < -0.39 is 6.16 Å². The molecule has 224 valence electrons. The minimum Gasteiger partial charge on any atom is -0.429 e. The summed E-state index contributed by atoms with van der Waals surface area (Å²) in [6, 6.07) is 0. The molecule has 4 rings (SSSR count). The van der Waals surface area contributed by atoms with Crippen molar-refractivity contribution in [1.82, 2.24) is 0 Å². The Morgan fingerprint density at radius 3 is 2.26 bits per heavy atom. The van der Waals surface area contributed by atoms with Crippen LogP contribution in [0.15, 0.2) is 5.16 Å². The summed E-state index contributed by atoms with van der Waals surface area (Å²) in [6.45, 7) is 16.9. The molecule has 0 radical (unpaired) electrons. The van der Waals surface area contributed by atoms with Gasteiger partial charge in [-0.2, -0.15) is 0 Å². The fraction of sp³-hybridized carbons (Fsp3) is 0.943. The Morgan fingerprint density at radius 2 is 1.56 bits per heavy atom. The van der Waals surface area contributed by atoms with Crippen LogP contribution in [-0.2, 0) is 9.57 Å². The number of carbonyl (C=O) groups excluding carboxylic acids is 1. The van der Waals surface area contributed by atoms with Crippen molar-refractivity contribution in [2.45, 2.75) is 157 Å². The molecule has 4 fully saturated rings. The van der Waals surface area contributed by atoms with Gasteiger partial charge in [-0.05, 0) is 123 Å². The summed E-state index contributed by atoms with van der Waals surface area (Å²) in [4.78, 5) is 17.7. The molecule has 0 aromatic carbocycles. The van der Waals surface area contributed by atoms with Crippen molar-refractivity contribution in [1.29, 1.82) is 0 Å². The van der Waals surface area contributed by atoms with Gasteiger partial charge in [0, 0.05) is 0 Å². The fourth-order valence-electron chi connectivity index (χ4n) is 10.4. The van der Waals surface area contributed by atoms with E-state index in [4.69, 9.17) is 9.57 Å². The van der Waals surface area contributed by atoms with Crippen LogP contribution in [0, 0.1) is 52.3 Å². The molecular weight excluding hydrogens is 482 g/mol. The molecule has 4 aliphatic carbocycles. The average molecular weight is 544 g/mol. The first-order chi connectivity index (χ1) is 18.6. The smallest absolute Gasteiger partial charge is 0.429 e. The largest absolute Gasteiger partial charge is 0.535 e. The Labute approximate surface area is 240 Å². The summed E-state index contributed by atoms with van der Waals surface area (Å²) in [5.41, 5.74) is 1.93. The highest BCUT2D eigenvalue weighted by Gasteiger charge is 2.60. The van der Waals surface area contributed by atoms with E-state index in [1.807, 2.05) is 0 Å². The van der Waals surface area contributed by atoms with Crippen LogP contribution in [0.1, 0.15) is 151 Å². The van der Waals surface area contributed by atoms with E-state index in [1.54, 1.807) is 0 Å². The fourth-order valence-corrected chi connectivity index (χ4v) is 10.4. The molecule has 9 atom stereocenters. The van der Waals surface area contributed by atoms with Crippen LogP contribution in [0.5, 0.6) is 0 Å². The van der Waals surface area contributed by atoms with Gasteiger partial charge in [-0.25, -0.2) is 4.79 Å². The SMILES string of the molecule is CCCC(CCC)=NOC(=O)O[C@@H]1CC[C@@]2(C)[C@H](CC[C@@H]3[C@@H]2CC[C@]2(C)[C@@H]([C@@H](C)CCCC(C)C)CC[C@@H]32)C1. The maximum atomic E-state index is 12.5. The summed E-state index contributed by atoms with van der Waals surface area (Å²) >= 11 is 0. The zero-order valence-electron chi connectivity index (χ0n) is 26.6. The number of oxime groups is 1. The topological polar surface area (TPSA) is 47.9 Å². The van der Waals surface area contributed by atoms with Gasteiger partial charge in [0.15, 0.2) is 0 Å². The van der Waals surface area contributed by atoms with Gasteiger partial charge < -0.3 is 4.74 Å². The number of hydrogen-bond donors (Lipinski definition) is 0. The molecule has 0 heterocycles. The van der Waals surface area contributed by atoms with Crippen molar-refractivity contribution >= 4 is 11.9 Å². The lowest BCUT2D eigenvalue weighted by Gasteiger charge is -2.61. The van der Waals surface area contributed by atoms with Crippen LogP contribution in [0.3, 0.4) is 0 Å². The van der Waals surface area contributed by atoms with Crippen LogP contribution >= 0.6 is 0 Å². The molecule has 0 aromatic rings. The third-order valence-corrected chi connectivity index (χ3v) is 12.4. The minimum absolute atomic E-state index is 0.0143. The molecular formula is C35H61NO3. The van der Waals surface area contributed by atoms with E-state index in [1.165, 1.54) is 64.2 Å². The van der Waals surface area contributed by atoms with Crippen LogP contribution in [0.2, 0.25) is 0 Å². The van der Waals surface area contributed by atoms with Gasteiger partial charge in [0.2, 0.25) is 0 Å². The highest BCUT2D eigenvalue weighted by Crippen LogP contribution is 2.68. The van der Waals surface area contributed by atoms with Gasteiger partial charge in [-0.1, -0.05) is 85.7 Å². The van der Waals surface area contributed by atoms with Gasteiger partial charge in [-0.15, -0.1) is 0 Å². The van der Waals surface area contributed by atoms with E-state index >= 15 is 0 Å². The minimum atomic E-state index is -0.602. The van der Waals surface area contributed by atoms with Crippen LogP contribution in [0.4, 0.5) is 4.79 Å². The lowest BCUT2D eigenvalue weighted by atomic mass is 9.44. The second kappa shape index (κ2) is 13.3. The zero-order valence-corrected chi connectivity index (χ0v) is 26.6. The summed E-state index contributed by atoms with van der Waals surface area (Å²) in [5, 5.41) is 4.14. The summed E-state index contributed by atoms with van der Waals surface area (Å²) < 4.78 is 5.83. The first-order valence-electron chi connectivity index (χ1n) is 17.1. The Hall–Kier alpha value is -1.06. The van der Waals surface area contributed by atoms with Crippen LogP contribution < -0.4 is 0 Å². The Balaban J connectivity index is 1.33. The zero-order chi connectivity index (χ0) is 28.2. The molecule has 0 N–H and O–H groups in total. The maximum absolute atomic E-state index is 12.5. The van der Waals surface area contributed by atoms with Crippen molar-refractivity contribution in [3.63, 3.8) is 0 Å². The molecule has 0 amide bonds. The summed E-state index contributed by atoms with van der Waals surface area (Å²) in [6.07, 6.45) is 19.0. The molecule has 4 aliphatic rings. The Morgan fingerprint density at radius 1 is 0.872 bits per heavy atom. The molecule has 4 heteroatoms. The molecule has 0 bridgehead atoms. The summed E-state index contributed by atoms with van der Waals surface area (Å²) in [7, 11) is 0. The van der Waals surface area contributed by atoms with Gasteiger partial charge in [0.05, 0.1) is 5.71 Å². The molecule has 0 unspecified atom stereocenters. The number of carbonyl (C=O) groups is 1. The highest BCUT2D eigenvalue weighted by atomic mass is 16.8. The van der Waals surface area contributed by atoms with Crippen molar-refractivity contribution in [2.24, 2.45) is 57.4 Å². The third kappa shape index (κ3) is 6.72. The molecule has 39 heavy (non-hydrogen) atoms. The molecule has 0 spiro atoms. The van der Waals surface area contributed by atoms with Gasteiger partial charge in [-0.3, -0.25) is 4.84 Å². The molecule has 0 aromatic heterocycles. The van der Waals surface area contributed by atoms with E-state index in [-0.39, 0.29) is 6.10 Å². The quantitative estimate of drug-likeness (QED) is 0.113. The van der Waals surface area contributed by atoms with Crippen molar-refractivity contribution in [3.8, 4) is 0 Å². The van der Waals surface area contributed by atoms with E-state index in [9.17, 15) is 4.79 Å². The summed E-state index contributed by atoms with van der Waals surface area (Å²) in [5.74, 6) is 5.99. The molecule has 0 saturated heterocycles. The standard InChI is InChI=1S/C35H61NO3/c1-8-11-27(12-9-2)36-39-33(37)38-28-19-21-34(6)26(23-28)15-16-29-31-18-17-30(25(5)14-10-13-24(3)4)35(31,7)22-20-32(29)34/h24-26,28-32H,8-23H2,1-7H3/t25-,26+,28+,29-,30+,31-,32-,34-,35+/m0/s1. The molecule has 0 aliphatic heterocycles. The van der Waals surface area contributed by atoms with Crippen LogP contribution in [-0.4, -0.2) is 18.0 Å². The monoisotopic (exact) mass is 543 g/mol. The lowest BCUT2D eigenvalue weighted by molar-refractivity contribution is -0.132. The molecule has 4 nitrogen and oxygen atoms in total. The second-order valence-electron chi connectivity index (χ2n) is 15.2. The number of fused-ring (bicyclic) bond motifs is 5. The predicted molar refractivity (Wildman–Crippen MR) is 162 cm³/mol. The van der Waals surface area contributed by atoms with Gasteiger partial charge in [0.25, 0.3) is 0 Å². The van der Waals surface area contributed by atoms with Gasteiger partial charge in [0.1, 0.15) is 6.10 Å². The number of ether oxygens (including phenoxy) is 1. The van der Waals surface area contributed by atoms with E-state index in [2.05, 4.69) is 53.6 Å². The van der Waals surface area contributed by atoms with Crippen molar-refractivity contribution in [3.05, 3.63) is 0 Å². The normalized spacial score (nSPS) is 38.4. The number of hydrogen-bond acceptors (Lipinski definition) is 4. The highest BCUT2D eigenvalue weighted by molar-refractivity contribution is 5.84. The van der Waals surface area contributed by atoms with E-state index in [0.717, 1.165) is 79.7 Å². The molecule has 4 saturated carbocycles. The maximum Gasteiger partial charge on any atom is 0.535 e. The van der Waals surface area contributed by atoms with E-state index in [0.29, 0.717) is 16.7 Å². The number of nitrogens with zero attached hydrogens (tertiary/aromatic N) is 1. The van der Waals surface area contributed by atoms with Crippen molar-refractivity contribution < 1.29 is 14.4 Å².